The Balaban J connectivity index is 1.16. The molecule has 6 aliphatic heterocycles. The number of rotatable bonds is 8. The first-order valence-corrected chi connectivity index (χ1v) is 23.3. The summed E-state index contributed by atoms with van der Waals surface area (Å²) in [5.41, 5.74) is 0.112. The molecule has 4 fully saturated rings. The lowest BCUT2D eigenvalue weighted by Gasteiger charge is -2.48. The molecule has 2 bridgehead atoms. The monoisotopic (exact) mass is 900 g/mol. The zero-order valence-corrected chi connectivity index (χ0v) is 39.5. The van der Waals surface area contributed by atoms with Crippen molar-refractivity contribution in [2.24, 2.45) is 23.7 Å². The lowest BCUT2D eigenvalue weighted by molar-refractivity contribution is -0.311. The van der Waals surface area contributed by atoms with Crippen LogP contribution in [0, 0.1) is 23.7 Å². The molecule has 0 aromatic carbocycles. The van der Waals surface area contributed by atoms with E-state index in [4.69, 9.17) is 47.4 Å². The van der Waals surface area contributed by atoms with Crippen molar-refractivity contribution in [3.8, 4) is 0 Å². The molecule has 64 heavy (non-hydrogen) atoms. The highest BCUT2D eigenvalue weighted by atomic mass is 16.7. The third kappa shape index (κ3) is 10.2. The molecule has 1 amide bonds. The van der Waals surface area contributed by atoms with Crippen LogP contribution in [0.3, 0.4) is 0 Å². The van der Waals surface area contributed by atoms with Crippen LogP contribution in [0.5, 0.6) is 0 Å². The van der Waals surface area contributed by atoms with Crippen LogP contribution < -0.4 is 5.32 Å². The van der Waals surface area contributed by atoms with Gasteiger partial charge in [0.2, 0.25) is 5.91 Å². The predicted molar refractivity (Wildman–Crippen MR) is 234 cm³/mol. The lowest BCUT2D eigenvalue weighted by atomic mass is 9.71. The van der Waals surface area contributed by atoms with E-state index in [1.807, 2.05) is 39.0 Å². The van der Waals surface area contributed by atoms with Crippen LogP contribution >= 0.6 is 0 Å². The molecule has 1 aliphatic carbocycles. The second-order valence-corrected chi connectivity index (χ2v) is 19.5. The third-order valence-electron chi connectivity index (χ3n) is 14.4. The Morgan fingerprint density at radius 2 is 1.61 bits per heavy atom. The topological polar surface area (TPSA) is 179 Å². The number of carbonyl (C=O) groups excluding carboxylic acids is 2. The van der Waals surface area contributed by atoms with Gasteiger partial charge in [-0.3, -0.25) is 9.59 Å². The molecule has 0 aromatic heterocycles. The number of nitrogens with one attached hydrogen (secondary N) is 1. The van der Waals surface area contributed by atoms with Gasteiger partial charge in [-0.1, -0.05) is 64.2 Å². The Hall–Kier alpha value is -2.80. The fourth-order valence-corrected chi connectivity index (χ4v) is 10.9. The molecule has 0 unspecified atom stereocenters. The fraction of sp³-hybridized carbons (Fsp3) is 0.755. The normalized spacial score (nSPS) is 47.4. The zero-order valence-electron chi connectivity index (χ0n) is 39.5. The van der Waals surface area contributed by atoms with Crippen molar-refractivity contribution < 1.29 is 67.2 Å². The third-order valence-corrected chi connectivity index (χ3v) is 14.4. The van der Waals surface area contributed by atoms with Gasteiger partial charge in [-0.2, -0.15) is 0 Å². The molecule has 4 saturated heterocycles. The Kier molecular flexibility index (Phi) is 15.5. The van der Waals surface area contributed by atoms with Gasteiger partial charge in [0, 0.05) is 58.7 Å². The molecule has 7 rings (SSSR count). The van der Waals surface area contributed by atoms with Gasteiger partial charge in [-0.25, -0.2) is 0 Å². The second kappa shape index (κ2) is 20.2. The summed E-state index contributed by atoms with van der Waals surface area (Å²) >= 11 is 0. The minimum Gasteiger partial charge on any atom is -0.462 e. The van der Waals surface area contributed by atoms with E-state index in [-0.39, 0.29) is 61.0 Å². The van der Waals surface area contributed by atoms with Crippen LogP contribution in [-0.2, 0) is 57.0 Å². The zero-order chi connectivity index (χ0) is 46.2. The van der Waals surface area contributed by atoms with Crippen molar-refractivity contribution >= 4 is 11.9 Å². The highest BCUT2D eigenvalue weighted by molar-refractivity contribution is 5.78. The Bertz CT molecular complexity index is 1830. The van der Waals surface area contributed by atoms with Gasteiger partial charge in [0.15, 0.2) is 18.4 Å². The standard InChI is InChI=1S/C49H73NO14/c1-25(2)43-28(5)17-18-48(64-43)23-35-20-34(63-48)16-15-27(4)44(26(3)13-12-14-33-24-57-46-42(52)29(6)19-36(47(53)60-35)49(33,46)54)61-40-22-38(56-11)45(31(8)59-40)62-39-21-37(55-10)41(30(7)58-39)50-32(9)51/h12-15,17-19,25-26,28,30-31,34-46,52,54H,16,20-24H2,1-11H3,(H,50,51)/b13-12+,27-15+,33-14+/t26-,28-,30-,31-,34+,35-,36-,37-,38-,39-,40-,41+,42+,43+,44-,45-,46+,48+,49+/m0/s1. The quantitative estimate of drug-likeness (QED) is 0.216. The number of ether oxygens (including phenoxy) is 10. The molecule has 0 aromatic rings. The number of hydrogen-bond acceptors (Lipinski definition) is 14. The van der Waals surface area contributed by atoms with Crippen LogP contribution in [0.25, 0.3) is 0 Å². The van der Waals surface area contributed by atoms with E-state index >= 15 is 0 Å². The van der Waals surface area contributed by atoms with E-state index in [0.717, 1.165) is 5.57 Å². The average molecular weight is 900 g/mol. The van der Waals surface area contributed by atoms with Gasteiger partial charge in [0.05, 0.1) is 55.4 Å². The maximum atomic E-state index is 14.3. The van der Waals surface area contributed by atoms with E-state index < -0.39 is 84.7 Å². The SMILES string of the molecule is CO[C@H]1C[C@H](O[C@H]2[C@H](C)O[C@@H](O[C@@H]3/C(C)=C/C[C@@H]4C[C@@H](C[C@]5(C=C[C@H](C)[C@@H](C(C)C)O5)O4)OC(=O)[C@@H]4C=C(C)[C@@H](O)[C@H]5OC/C(=C\C=C\[C@@H]3C)[C@]54O)C[C@@H]2OC)O[C@@H](C)[C@H]1NC(C)=O. The minimum atomic E-state index is -1.84. The predicted octanol–water partition coefficient (Wildman–Crippen LogP) is 5.13. The summed E-state index contributed by atoms with van der Waals surface area (Å²) in [7, 11) is 3.27. The number of esters is 1. The fourth-order valence-electron chi connectivity index (χ4n) is 10.9. The molecule has 3 N–H and O–H groups in total. The van der Waals surface area contributed by atoms with Gasteiger partial charge in [0.1, 0.15) is 35.9 Å². The van der Waals surface area contributed by atoms with Crippen molar-refractivity contribution in [1.82, 2.24) is 5.32 Å². The summed E-state index contributed by atoms with van der Waals surface area (Å²) < 4.78 is 64.2. The van der Waals surface area contributed by atoms with E-state index in [2.05, 4.69) is 45.2 Å². The number of aliphatic hydroxyl groups is 2. The van der Waals surface area contributed by atoms with Crippen molar-refractivity contribution in [2.75, 3.05) is 20.8 Å². The smallest absolute Gasteiger partial charge is 0.316 e. The summed E-state index contributed by atoms with van der Waals surface area (Å²) in [5.74, 6) is -2.81. The molecule has 7 aliphatic rings. The number of aliphatic hydroxyl groups excluding tert-OH is 1. The van der Waals surface area contributed by atoms with Crippen LogP contribution in [0.1, 0.15) is 94.4 Å². The Morgan fingerprint density at radius 3 is 2.31 bits per heavy atom. The summed E-state index contributed by atoms with van der Waals surface area (Å²) in [6.07, 6.45) is 8.46. The van der Waals surface area contributed by atoms with Crippen LogP contribution in [-0.4, -0.2) is 140 Å². The molecule has 15 heteroatoms. The van der Waals surface area contributed by atoms with Gasteiger partial charge >= 0.3 is 5.97 Å². The molecule has 6 heterocycles. The first-order chi connectivity index (χ1) is 30.4. The van der Waals surface area contributed by atoms with Gasteiger partial charge in [0.25, 0.3) is 0 Å². The Labute approximate surface area is 378 Å². The summed E-state index contributed by atoms with van der Waals surface area (Å²) in [5, 5.41) is 26.7. The van der Waals surface area contributed by atoms with Gasteiger partial charge < -0.3 is 62.9 Å². The molecular formula is C49H73NO14. The van der Waals surface area contributed by atoms with Crippen LogP contribution in [0.15, 0.2) is 59.3 Å². The molecule has 15 nitrogen and oxygen atoms in total. The number of methoxy groups -OCH3 is 2. The van der Waals surface area contributed by atoms with E-state index in [9.17, 15) is 19.8 Å². The largest absolute Gasteiger partial charge is 0.462 e. The molecular weight excluding hydrogens is 827 g/mol. The molecule has 0 radical (unpaired) electrons. The second-order valence-electron chi connectivity index (χ2n) is 19.5. The van der Waals surface area contributed by atoms with E-state index in [1.54, 1.807) is 33.3 Å². The molecule has 19 atom stereocenters. The van der Waals surface area contributed by atoms with E-state index in [1.165, 1.54) is 6.92 Å². The van der Waals surface area contributed by atoms with Crippen molar-refractivity contribution in [3.05, 3.63) is 59.3 Å². The highest BCUT2D eigenvalue weighted by Gasteiger charge is 2.60. The molecule has 1 spiro atoms. The van der Waals surface area contributed by atoms with Gasteiger partial charge in [-0.05, 0) is 62.8 Å². The average Bonchev–Trinajstić information content (AvgIpc) is 3.58. The Morgan fingerprint density at radius 1 is 0.906 bits per heavy atom. The van der Waals surface area contributed by atoms with Gasteiger partial charge in [-0.15, -0.1) is 0 Å². The number of allylic oxidation sites excluding steroid dienone is 2. The highest BCUT2D eigenvalue weighted by Crippen LogP contribution is 2.47. The van der Waals surface area contributed by atoms with Crippen LogP contribution in [0.4, 0.5) is 0 Å². The number of amides is 1. The maximum Gasteiger partial charge on any atom is 0.316 e. The molecule has 0 saturated carbocycles. The summed E-state index contributed by atoms with van der Waals surface area (Å²) in [6, 6.07) is -0.314. The van der Waals surface area contributed by atoms with Crippen LogP contribution in [0.2, 0.25) is 0 Å². The number of hydrogen-bond donors (Lipinski definition) is 3. The first kappa shape index (κ1) is 49.1. The summed E-state index contributed by atoms with van der Waals surface area (Å²) in [4.78, 5) is 26.2. The van der Waals surface area contributed by atoms with Crippen molar-refractivity contribution in [2.45, 2.75) is 192 Å². The van der Waals surface area contributed by atoms with Crippen molar-refractivity contribution in [3.63, 3.8) is 0 Å². The van der Waals surface area contributed by atoms with Crippen molar-refractivity contribution in [1.29, 1.82) is 0 Å². The lowest BCUT2D eigenvalue weighted by Crippen LogP contribution is -2.58. The van der Waals surface area contributed by atoms with E-state index in [0.29, 0.717) is 36.8 Å². The number of fused-ring (bicyclic) bond motifs is 2. The molecule has 358 valence electrons. The number of carbonyl (C=O) groups is 2. The minimum absolute atomic E-state index is 0.0266. The summed E-state index contributed by atoms with van der Waals surface area (Å²) in [6.45, 7) is 17.5. The first-order valence-electron chi connectivity index (χ1n) is 23.3. The maximum absolute atomic E-state index is 14.3.